The fraction of sp³-hybridized carbons (Fsp3) is 0.286. The van der Waals surface area contributed by atoms with Gasteiger partial charge in [0.25, 0.3) is 0 Å². The topological polar surface area (TPSA) is 21.3 Å². The number of hydrogen-bond donors (Lipinski definition) is 1. The molecule has 0 saturated carbocycles. The summed E-state index contributed by atoms with van der Waals surface area (Å²) in [6.45, 7) is 3.49. The molecule has 96 valence electrons. The minimum atomic E-state index is 0.607. The molecule has 1 aromatic carbocycles. The van der Waals surface area contributed by atoms with E-state index >= 15 is 0 Å². The molecule has 0 aliphatic rings. The Morgan fingerprint density at radius 1 is 1.22 bits per heavy atom. The smallest absolute Gasteiger partial charge is 0.122 e. The van der Waals surface area contributed by atoms with Crippen LogP contribution in [0, 0.1) is 6.92 Å². The maximum Gasteiger partial charge on any atom is 0.122 e. The average Bonchev–Trinajstić information content (AvgIpc) is 2.79. The molecule has 0 spiro atoms. The lowest BCUT2D eigenvalue weighted by Crippen LogP contribution is -2.02. The normalized spacial score (nSPS) is 10.6. The molecule has 18 heavy (non-hydrogen) atoms. The van der Waals surface area contributed by atoms with E-state index in [2.05, 4.69) is 17.4 Å². The van der Waals surface area contributed by atoms with Gasteiger partial charge in [0.15, 0.2) is 0 Å². The molecule has 0 saturated heterocycles. The van der Waals surface area contributed by atoms with Gasteiger partial charge >= 0.3 is 0 Å². The molecular formula is C14H16ClNOS. The molecule has 0 amide bonds. The van der Waals surface area contributed by atoms with Gasteiger partial charge in [-0.05, 0) is 49.9 Å². The van der Waals surface area contributed by atoms with Crippen LogP contribution < -0.4 is 10.1 Å². The predicted octanol–water partition coefficient (Wildman–Crippen LogP) is 4.01. The Bertz CT molecular complexity index is 524. The van der Waals surface area contributed by atoms with E-state index in [1.807, 2.05) is 32.2 Å². The van der Waals surface area contributed by atoms with Crippen molar-refractivity contribution in [2.75, 3.05) is 7.05 Å². The van der Waals surface area contributed by atoms with Crippen LogP contribution in [0.1, 0.15) is 15.3 Å². The van der Waals surface area contributed by atoms with Crippen molar-refractivity contribution in [1.29, 1.82) is 0 Å². The molecule has 1 N–H and O–H groups in total. The highest BCUT2D eigenvalue weighted by molar-refractivity contribution is 7.11. The highest BCUT2D eigenvalue weighted by Crippen LogP contribution is 2.23. The molecule has 0 unspecified atom stereocenters. The lowest BCUT2D eigenvalue weighted by molar-refractivity contribution is 0.309. The summed E-state index contributed by atoms with van der Waals surface area (Å²) in [6.07, 6.45) is 0. The summed E-state index contributed by atoms with van der Waals surface area (Å²) in [4.78, 5) is 2.55. The highest BCUT2D eigenvalue weighted by Gasteiger charge is 2.02. The van der Waals surface area contributed by atoms with Crippen molar-refractivity contribution >= 4 is 22.9 Å². The van der Waals surface area contributed by atoms with Gasteiger partial charge in [0, 0.05) is 21.3 Å². The number of halogens is 1. The van der Waals surface area contributed by atoms with Gasteiger partial charge in [0.2, 0.25) is 0 Å². The first-order chi connectivity index (χ1) is 8.69. The van der Waals surface area contributed by atoms with E-state index in [4.69, 9.17) is 16.3 Å². The van der Waals surface area contributed by atoms with Gasteiger partial charge in [0.1, 0.15) is 12.4 Å². The fourth-order valence-corrected chi connectivity index (χ4v) is 2.69. The molecule has 2 rings (SSSR count). The fourth-order valence-electron chi connectivity index (χ4n) is 1.63. The van der Waals surface area contributed by atoms with Gasteiger partial charge in [-0.2, -0.15) is 0 Å². The molecule has 4 heteroatoms. The number of ether oxygens (including phenoxy) is 1. The Morgan fingerprint density at radius 3 is 2.72 bits per heavy atom. The molecule has 1 heterocycles. The average molecular weight is 282 g/mol. The van der Waals surface area contributed by atoms with Crippen molar-refractivity contribution in [3.63, 3.8) is 0 Å². The predicted molar refractivity (Wildman–Crippen MR) is 77.6 cm³/mol. The second kappa shape index (κ2) is 6.23. The number of thiophene rings is 1. The molecule has 1 aromatic heterocycles. The van der Waals surface area contributed by atoms with E-state index in [0.29, 0.717) is 6.61 Å². The first kappa shape index (κ1) is 13.4. The van der Waals surface area contributed by atoms with Crippen LogP contribution in [0.5, 0.6) is 5.75 Å². The van der Waals surface area contributed by atoms with Crippen molar-refractivity contribution in [3.05, 3.63) is 50.7 Å². The molecule has 0 bridgehead atoms. The second-order valence-corrected chi connectivity index (χ2v) is 5.76. The first-order valence-corrected chi connectivity index (χ1v) is 6.99. The van der Waals surface area contributed by atoms with Gasteiger partial charge in [-0.1, -0.05) is 11.6 Å². The summed E-state index contributed by atoms with van der Waals surface area (Å²) >= 11 is 7.75. The van der Waals surface area contributed by atoms with Crippen LogP contribution in [0.2, 0.25) is 5.02 Å². The Labute approximate surface area is 117 Å². The van der Waals surface area contributed by atoms with Crippen LogP contribution >= 0.6 is 22.9 Å². The van der Waals surface area contributed by atoms with Crippen molar-refractivity contribution in [1.82, 2.24) is 5.32 Å². The van der Waals surface area contributed by atoms with Crippen molar-refractivity contribution < 1.29 is 4.74 Å². The third-order valence-electron chi connectivity index (χ3n) is 2.58. The molecule has 0 atom stereocenters. The van der Waals surface area contributed by atoms with E-state index in [0.717, 1.165) is 22.9 Å². The standard InChI is InChI=1S/C14H16ClNOS/c1-10-7-11(3-6-14(10)15)17-9-13-5-4-12(18-13)8-16-2/h3-7,16H,8-9H2,1-2H3. The number of hydrogen-bond acceptors (Lipinski definition) is 3. The third kappa shape index (κ3) is 3.48. The van der Waals surface area contributed by atoms with Crippen LogP contribution in [-0.2, 0) is 13.2 Å². The zero-order chi connectivity index (χ0) is 13.0. The Kier molecular flexibility index (Phi) is 4.64. The maximum atomic E-state index is 5.98. The Morgan fingerprint density at radius 2 is 2.00 bits per heavy atom. The highest BCUT2D eigenvalue weighted by atomic mass is 35.5. The zero-order valence-electron chi connectivity index (χ0n) is 10.5. The van der Waals surface area contributed by atoms with Gasteiger partial charge < -0.3 is 10.1 Å². The monoisotopic (exact) mass is 281 g/mol. The number of aryl methyl sites for hydroxylation is 1. The minimum Gasteiger partial charge on any atom is -0.488 e. The van der Waals surface area contributed by atoms with E-state index in [1.165, 1.54) is 9.75 Å². The van der Waals surface area contributed by atoms with E-state index in [-0.39, 0.29) is 0 Å². The van der Waals surface area contributed by atoms with Crippen LogP contribution in [0.3, 0.4) is 0 Å². The van der Waals surface area contributed by atoms with Crippen molar-refractivity contribution in [2.24, 2.45) is 0 Å². The summed E-state index contributed by atoms with van der Waals surface area (Å²) in [5, 5.41) is 3.91. The van der Waals surface area contributed by atoms with Gasteiger partial charge in [-0.25, -0.2) is 0 Å². The second-order valence-electron chi connectivity index (χ2n) is 4.10. The molecule has 0 aliphatic heterocycles. The number of rotatable bonds is 5. The molecule has 0 aliphatic carbocycles. The molecular weight excluding hydrogens is 266 g/mol. The molecule has 0 radical (unpaired) electrons. The van der Waals surface area contributed by atoms with Crippen LogP contribution in [0.4, 0.5) is 0 Å². The summed E-state index contributed by atoms with van der Waals surface area (Å²) in [5.41, 5.74) is 1.04. The quantitative estimate of drug-likeness (QED) is 0.894. The van der Waals surface area contributed by atoms with E-state index < -0.39 is 0 Å². The first-order valence-electron chi connectivity index (χ1n) is 5.80. The largest absolute Gasteiger partial charge is 0.488 e. The SMILES string of the molecule is CNCc1ccc(COc2ccc(Cl)c(C)c2)s1. The summed E-state index contributed by atoms with van der Waals surface area (Å²) in [5.74, 6) is 0.862. The minimum absolute atomic E-state index is 0.607. The van der Waals surface area contributed by atoms with Crippen molar-refractivity contribution in [3.8, 4) is 5.75 Å². The molecule has 2 nitrogen and oxygen atoms in total. The summed E-state index contributed by atoms with van der Waals surface area (Å²) in [7, 11) is 1.95. The van der Waals surface area contributed by atoms with Crippen LogP contribution in [0.25, 0.3) is 0 Å². The third-order valence-corrected chi connectivity index (χ3v) is 4.06. The lowest BCUT2D eigenvalue weighted by atomic mass is 10.2. The lowest BCUT2D eigenvalue weighted by Gasteiger charge is -2.06. The number of nitrogens with one attached hydrogen (secondary N) is 1. The van der Waals surface area contributed by atoms with Gasteiger partial charge in [-0.3, -0.25) is 0 Å². The molecule has 2 aromatic rings. The van der Waals surface area contributed by atoms with Gasteiger partial charge in [-0.15, -0.1) is 11.3 Å². The zero-order valence-corrected chi connectivity index (χ0v) is 12.1. The summed E-state index contributed by atoms with van der Waals surface area (Å²) in [6, 6.07) is 9.97. The van der Waals surface area contributed by atoms with E-state index in [1.54, 1.807) is 11.3 Å². The summed E-state index contributed by atoms with van der Waals surface area (Å²) < 4.78 is 5.75. The Balaban J connectivity index is 1.95. The maximum absolute atomic E-state index is 5.98. The van der Waals surface area contributed by atoms with Crippen LogP contribution in [0.15, 0.2) is 30.3 Å². The Hall–Kier alpha value is -1.03. The molecule has 0 fully saturated rings. The van der Waals surface area contributed by atoms with E-state index in [9.17, 15) is 0 Å². The van der Waals surface area contributed by atoms with Gasteiger partial charge in [0.05, 0.1) is 0 Å². The van der Waals surface area contributed by atoms with Crippen molar-refractivity contribution in [2.45, 2.75) is 20.1 Å². The number of benzene rings is 1. The van der Waals surface area contributed by atoms with Crippen LogP contribution in [-0.4, -0.2) is 7.05 Å².